The monoisotopic (exact) mass is 675 g/mol. The Kier molecular flexibility index (Phi) is 6.69. The molecule has 0 amide bonds. The van der Waals surface area contributed by atoms with Crippen molar-refractivity contribution in [2.75, 3.05) is 5.43 Å². The van der Waals surface area contributed by atoms with Crippen molar-refractivity contribution in [2.45, 2.75) is 0 Å². The summed E-state index contributed by atoms with van der Waals surface area (Å²) in [7, 11) is 0. The second-order valence-corrected chi connectivity index (χ2v) is 14.7. The number of fused-ring (bicyclic) bond motifs is 9. The molecular formula is C45H29N3S2. The van der Waals surface area contributed by atoms with Gasteiger partial charge in [0.25, 0.3) is 0 Å². The van der Waals surface area contributed by atoms with Crippen LogP contribution in [0.5, 0.6) is 0 Å². The van der Waals surface area contributed by atoms with Crippen LogP contribution in [0.15, 0.2) is 164 Å². The summed E-state index contributed by atoms with van der Waals surface area (Å²) in [6.45, 7) is 0. The quantitative estimate of drug-likeness (QED) is 0.169. The van der Waals surface area contributed by atoms with E-state index in [-0.39, 0.29) is 0 Å². The Morgan fingerprint density at radius 3 is 1.76 bits per heavy atom. The SMILES string of the molecule is N=C(/C=C\Nn1c2ccccc2c2cc(-c3cccc4c3sc3ccccc34)ccc21)c1cccc(-c2cccc3c2sc2ccccc23)c1. The van der Waals surface area contributed by atoms with Gasteiger partial charge in [-0.05, 0) is 64.7 Å². The minimum atomic E-state index is 0.447. The molecule has 0 fully saturated rings. The first-order valence-electron chi connectivity index (χ1n) is 16.7. The van der Waals surface area contributed by atoms with Crippen molar-refractivity contribution >= 4 is 90.5 Å². The maximum absolute atomic E-state index is 8.99. The number of benzene rings is 7. The van der Waals surface area contributed by atoms with Gasteiger partial charge in [0.1, 0.15) is 0 Å². The van der Waals surface area contributed by atoms with Crippen molar-refractivity contribution in [1.29, 1.82) is 5.41 Å². The molecule has 2 N–H and O–H groups in total. The van der Waals surface area contributed by atoms with Gasteiger partial charge in [-0.25, -0.2) is 0 Å². The summed E-state index contributed by atoms with van der Waals surface area (Å²) < 4.78 is 7.33. The van der Waals surface area contributed by atoms with Crippen LogP contribution in [-0.2, 0) is 0 Å². The fourth-order valence-electron chi connectivity index (χ4n) is 7.37. The molecule has 0 atom stereocenters. The molecule has 0 spiro atoms. The lowest BCUT2D eigenvalue weighted by Crippen LogP contribution is -2.08. The third-order valence-electron chi connectivity index (χ3n) is 9.73. The normalized spacial score (nSPS) is 12.0. The summed E-state index contributed by atoms with van der Waals surface area (Å²) in [4.78, 5) is 0. The number of thiophene rings is 2. The first-order valence-corrected chi connectivity index (χ1v) is 18.3. The Morgan fingerprint density at radius 1 is 0.500 bits per heavy atom. The van der Waals surface area contributed by atoms with E-state index in [4.69, 9.17) is 5.41 Å². The van der Waals surface area contributed by atoms with Gasteiger partial charge in [0, 0.05) is 62.9 Å². The average Bonchev–Trinajstić information content (AvgIpc) is 3.84. The second-order valence-electron chi connectivity index (χ2n) is 12.6. The van der Waals surface area contributed by atoms with Gasteiger partial charge in [-0.15, -0.1) is 22.7 Å². The van der Waals surface area contributed by atoms with Gasteiger partial charge in [0.2, 0.25) is 0 Å². The summed E-state index contributed by atoms with van der Waals surface area (Å²) in [6, 6.07) is 54.1. The third kappa shape index (κ3) is 4.59. The first-order chi connectivity index (χ1) is 24.7. The van der Waals surface area contributed by atoms with Crippen LogP contribution in [0.3, 0.4) is 0 Å². The highest BCUT2D eigenvalue weighted by Gasteiger charge is 2.15. The number of hydrogen-bond acceptors (Lipinski definition) is 4. The highest BCUT2D eigenvalue weighted by atomic mass is 32.1. The van der Waals surface area contributed by atoms with E-state index < -0.39 is 0 Å². The van der Waals surface area contributed by atoms with Crippen LogP contribution in [0.4, 0.5) is 0 Å². The molecular weight excluding hydrogens is 647 g/mol. The van der Waals surface area contributed by atoms with Crippen molar-refractivity contribution in [3.8, 4) is 22.3 Å². The smallest absolute Gasteiger partial charge is 0.0710 e. The number of nitrogens with one attached hydrogen (secondary N) is 2. The van der Waals surface area contributed by atoms with E-state index in [1.165, 1.54) is 67.8 Å². The number of rotatable bonds is 6. The molecule has 0 saturated heterocycles. The van der Waals surface area contributed by atoms with Gasteiger partial charge in [-0.1, -0.05) is 115 Å². The number of allylic oxidation sites excluding steroid dienone is 1. The van der Waals surface area contributed by atoms with E-state index in [1.54, 1.807) is 0 Å². The molecule has 0 aliphatic heterocycles. The Bertz CT molecular complexity index is 2990. The Hall–Kier alpha value is -6.01. The van der Waals surface area contributed by atoms with E-state index >= 15 is 0 Å². The third-order valence-corrected chi connectivity index (χ3v) is 12.2. The molecule has 0 bridgehead atoms. The van der Waals surface area contributed by atoms with Crippen LogP contribution in [0.1, 0.15) is 5.56 Å². The molecule has 0 radical (unpaired) electrons. The van der Waals surface area contributed by atoms with E-state index in [0.717, 1.165) is 22.2 Å². The number of para-hydroxylation sites is 1. The first kappa shape index (κ1) is 29.0. The van der Waals surface area contributed by atoms with Crippen molar-refractivity contribution in [2.24, 2.45) is 0 Å². The number of hydrogen-bond donors (Lipinski definition) is 2. The number of aromatic nitrogens is 1. The Morgan fingerprint density at radius 2 is 1.06 bits per heavy atom. The van der Waals surface area contributed by atoms with Crippen molar-refractivity contribution in [3.63, 3.8) is 0 Å². The predicted octanol–water partition coefficient (Wildman–Crippen LogP) is 13.0. The standard InChI is InChI=1S/C45H29N3S2/c46-39(30-11-7-10-28(26-30)31-15-8-17-36-34-13-2-5-20-42(34)49-44(31)36)24-25-47-48-40-19-4-1-12-33(40)38-27-29(22-23-41(38)48)32-16-9-18-37-35-14-3-6-21-43(35)50-45(32)37/h1-27,46-47H/b25-24-,46-39?. The molecule has 0 unspecified atom stereocenters. The lowest BCUT2D eigenvalue weighted by atomic mass is 9.99. The van der Waals surface area contributed by atoms with Gasteiger partial charge < -0.3 is 10.8 Å². The molecule has 236 valence electrons. The maximum Gasteiger partial charge on any atom is 0.0710 e. The average molecular weight is 676 g/mol. The van der Waals surface area contributed by atoms with Crippen LogP contribution in [-0.4, -0.2) is 10.4 Å². The zero-order valence-electron chi connectivity index (χ0n) is 26.9. The summed E-state index contributed by atoms with van der Waals surface area (Å²) in [5.41, 5.74) is 11.8. The minimum Gasteiger partial charge on any atom is -0.301 e. The fraction of sp³-hybridized carbons (Fsp3) is 0. The highest BCUT2D eigenvalue weighted by molar-refractivity contribution is 7.26. The molecule has 3 heterocycles. The van der Waals surface area contributed by atoms with Crippen LogP contribution in [0, 0.1) is 5.41 Å². The van der Waals surface area contributed by atoms with E-state index in [9.17, 15) is 0 Å². The van der Waals surface area contributed by atoms with Crippen LogP contribution in [0.2, 0.25) is 0 Å². The summed E-state index contributed by atoms with van der Waals surface area (Å²) in [5, 5.41) is 16.6. The topological polar surface area (TPSA) is 40.8 Å². The molecule has 0 saturated carbocycles. The molecule has 0 aliphatic carbocycles. The lowest BCUT2D eigenvalue weighted by Gasteiger charge is -2.09. The zero-order chi connectivity index (χ0) is 33.2. The van der Waals surface area contributed by atoms with Gasteiger partial charge in [0.05, 0.1) is 16.7 Å². The molecule has 3 aromatic heterocycles. The lowest BCUT2D eigenvalue weighted by molar-refractivity contribution is 1.05. The molecule has 7 aromatic carbocycles. The largest absolute Gasteiger partial charge is 0.301 e. The summed E-state index contributed by atoms with van der Waals surface area (Å²) in [5.74, 6) is 0. The highest BCUT2D eigenvalue weighted by Crippen LogP contribution is 2.42. The molecule has 10 aromatic rings. The van der Waals surface area contributed by atoms with Crippen molar-refractivity contribution in [1.82, 2.24) is 4.68 Å². The fourth-order valence-corrected chi connectivity index (χ4v) is 9.85. The van der Waals surface area contributed by atoms with Gasteiger partial charge in [-0.3, -0.25) is 4.68 Å². The molecule has 50 heavy (non-hydrogen) atoms. The Labute approximate surface area is 296 Å². The van der Waals surface area contributed by atoms with E-state index in [2.05, 4.69) is 156 Å². The molecule has 5 heteroatoms. The van der Waals surface area contributed by atoms with E-state index in [0.29, 0.717) is 5.71 Å². The van der Waals surface area contributed by atoms with Crippen LogP contribution in [0.25, 0.3) is 84.4 Å². The number of nitrogens with zero attached hydrogens (tertiary/aromatic N) is 1. The van der Waals surface area contributed by atoms with Gasteiger partial charge >= 0.3 is 0 Å². The van der Waals surface area contributed by atoms with Crippen LogP contribution >= 0.6 is 22.7 Å². The van der Waals surface area contributed by atoms with E-state index in [1.807, 2.05) is 41.0 Å². The zero-order valence-corrected chi connectivity index (χ0v) is 28.5. The second kappa shape index (κ2) is 11.6. The van der Waals surface area contributed by atoms with Gasteiger partial charge in [-0.2, -0.15) is 0 Å². The summed E-state index contributed by atoms with van der Waals surface area (Å²) >= 11 is 3.70. The summed E-state index contributed by atoms with van der Waals surface area (Å²) in [6.07, 6.45) is 3.72. The maximum atomic E-state index is 8.99. The molecule has 0 aliphatic rings. The molecule has 10 rings (SSSR count). The van der Waals surface area contributed by atoms with Crippen molar-refractivity contribution in [3.05, 3.63) is 169 Å². The minimum absolute atomic E-state index is 0.447. The Balaban J connectivity index is 0.981. The van der Waals surface area contributed by atoms with Gasteiger partial charge in [0.15, 0.2) is 0 Å². The van der Waals surface area contributed by atoms with Crippen LogP contribution < -0.4 is 5.43 Å². The van der Waals surface area contributed by atoms with Crippen molar-refractivity contribution < 1.29 is 0 Å². The molecule has 3 nitrogen and oxygen atoms in total. The predicted molar refractivity (Wildman–Crippen MR) is 218 cm³/mol.